The number of aromatic carboxylic acids is 1. The molecule has 0 spiro atoms. The summed E-state index contributed by atoms with van der Waals surface area (Å²) in [5.41, 5.74) is 1.80. The summed E-state index contributed by atoms with van der Waals surface area (Å²) in [5.74, 6) is -1.01. The second-order valence-corrected chi connectivity index (χ2v) is 4.05. The van der Waals surface area contributed by atoms with Gasteiger partial charge >= 0.3 is 5.97 Å². The molecular formula is C14H15N3O2. The van der Waals surface area contributed by atoms with Crippen LogP contribution in [-0.4, -0.2) is 27.6 Å². The highest BCUT2D eigenvalue weighted by atomic mass is 16.4. The van der Waals surface area contributed by atoms with Gasteiger partial charge in [-0.2, -0.15) is 0 Å². The first-order chi connectivity index (χ1) is 9.22. The van der Waals surface area contributed by atoms with Gasteiger partial charge in [-0.1, -0.05) is 0 Å². The number of carboxylic acids is 1. The monoisotopic (exact) mass is 257 g/mol. The normalized spacial score (nSPS) is 10.2. The zero-order valence-corrected chi connectivity index (χ0v) is 10.7. The average Bonchev–Trinajstić information content (AvgIpc) is 2.46. The molecule has 2 aromatic heterocycles. The first-order valence-electron chi connectivity index (χ1n) is 6.04. The number of carbonyl (C=O) groups is 1. The summed E-state index contributed by atoms with van der Waals surface area (Å²) < 4.78 is 0. The van der Waals surface area contributed by atoms with Crippen LogP contribution >= 0.6 is 0 Å². The maximum absolute atomic E-state index is 11.2. The number of nitrogens with zero attached hydrogens (tertiary/aromatic N) is 3. The highest BCUT2D eigenvalue weighted by Crippen LogP contribution is 2.20. The largest absolute Gasteiger partial charge is 0.476 e. The van der Waals surface area contributed by atoms with E-state index < -0.39 is 5.97 Å². The van der Waals surface area contributed by atoms with Crippen LogP contribution in [0.4, 0.5) is 5.69 Å². The Morgan fingerprint density at radius 3 is 2.63 bits per heavy atom. The Hall–Kier alpha value is -2.43. The molecule has 0 bridgehead atoms. The van der Waals surface area contributed by atoms with Gasteiger partial charge in [-0.05, 0) is 36.8 Å². The molecular weight excluding hydrogens is 242 g/mol. The lowest BCUT2D eigenvalue weighted by molar-refractivity contribution is 0.0691. The van der Waals surface area contributed by atoms with Crippen molar-refractivity contribution >= 4 is 11.7 Å². The molecule has 0 unspecified atom stereocenters. The Labute approximate surface area is 111 Å². The van der Waals surface area contributed by atoms with Gasteiger partial charge in [0.2, 0.25) is 0 Å². The second-order valence-electron chi connectivity index (χ2n) is 4.05. The van der Waals surface area contributed by atoms with Crippen LogP contribution in [0.25, 0.3) is 0 Å². The highest BCUT2D eigenvalue weighted by molar-refractivity contribution is 5.92. The molecule has 0 radical (unpaired) electrons. The van der Waals surface area contributed by atoms with Crippen molar-refractivity contribution in [1.29, 1.82) is 0 Å². The highest BCUT2D eigenvalue weighted by Gasteiger charge is 2.16. The Balaban J connectivity index is 2.30. The van der Waals surface area contributed by atoms with Gasteiger partial charge in [0.25, 0.3) is 0 Å². The number of hydrogen-bond acceptors (Lipinski definition) is 4. The lowest BCUT2D eigenvalue weighted by atomic mass is 10.2. The predicted molar refractivity (Wildman–Crippen MR) is 72.2 cm³/mol. The van der Waals surface area contributed by atoms with Crippen molar-refractivity contribution in [1.82, 2.24) is 9.97 Å². The molecule has 5 heteroatoms. The Kier molecular flexibility index (Phi) is 4.07. The molecule has 0 atom stereocenters. The molecule has 19 heavy (non-hydrogen) atoms. The third kappa shape index (κ3) is 3.07. The lowest BCUT2D eigenvalue weighted by Crippen LogP contribution is -2.24. The molecule has 0 saturated heterocycles. The molecule has 0 aliphatic heterocycles. The minimum absolute atomic E-state index is 0.0819. The minimum atomic E-state index is -1.01. The third-order valence-electron chi connectivity index (χ3n) is 2.83. The fourth-order valence-electron chi connectivity index (χ4n) is 1.89. The SMILES string of the molecule is CCN(Cc1ccncc1)c1cccnc1C(=O)O. The summed E-state index contributed by atoms with van der Waals surface area (Å²) in [6.07, 6.45) is 4.95. The van der Waals surface area contributed by atoms with Crippen LogP contribution in [0.2, 0.25) is 0 Å². The molecule has 98 valence electrons. The number of aromatic nitrogens is 2. The van der Waals surface area contributed by atoms with E-state index in [0.717, 1.165) is 5.56 Å². The van der Waals surface area contributed by atoms with Crippen molar-refractivity contribution in [2.24, 2.45) is 0 Å². The van der Waals surface area contributed by atoms with Crippen LogP contribution in [0.15, 0.2) is 42.9 Å². The minimum Gasteiger partial charge on any atom is -0.476 e. The van der Waals surface area contributed by atoms with Crippen LogP contribution in [0, 0.1) is 0 Å². The summed E-state index contributed by atoms with van der Waals surface area (Å²) in [6, 6.07) is 7.36. The fraction of sp³-hybridized carbons (Fsp3) is 0.214. The van der Waals surface area contributed by atoms with Gasteiger partial charge in [-0.15, -0.1) is 0 Å². The summed E-state index contributed by atoms with van der Waals surface area (Å²) in [4.78, 5) is 21.1. The van der Waals surface area contributed by atoms with Gasteiger partial charge in [0.1, 0.15) is 0 Å². The predicted octanol–water partition coefficient (Wildman–Crippen LogP) is 2.20. The molecule has 2 rings (SSSR count). The van der Waals surface area contributed by atoms with Gasteiger partial charge in [0, 0.05) is 31.7 Å². The van der Waals surface area contributed by atoms with Crippen LogP contribution in [0.5, 0.6) is 0 Å². The van der Waals surface area contributed by atoms with Crippen molar-refractivity contribution in [3.63, 3.8) is 0 Å². The summed E-state index contributed by atoms with van der Waals surface area (Å²) in [7, 11) is 0. The second kappa shape index (κ2) is 5.95. The zero-order valence-electron chi connectivity index (χ0n) is 10.7. The van der Waals surface area contributed by atoms with Crippen molar-refractivity contribution in [2.75, 3.05) is 11.4 Å². The molecule has 0 amide bonds. The molecule has 1 N–H and O–H groups in total. The molecule has 5 nitrogen and oxygen atoms in total. The Morgan fingerprint density at radius 1 is 1.26 bits per heavy atom. The summed E-state index contributed by atoms with van der Waals surface area (Å²) in [6.45, 7) is 3.32. The molecule has 2 heterocycles. The smallest absolute Gasteiger partial charge is 0.356 e. The van der Waals surface area contributed by atoms with Crippen molar-refractivity contribution < 1.29 is 9.90 Å². The van der Waals surface area contributed by atoms with E-state index in [0.29, 0.717) is 18.8 Å². The molecule has 0 fully saturated rings. The maximum Gasteiger partial charge on any atom is 0.356 e. The molecule has 2 aromatic rings. The van der Waals surface area contributed by atoms with Crippen LogP contribution in [0.3, 0.4) is 0 Å². The number of anilines is 1. The number of rotatable bonds is 5. The quantitative estimate of drug-likeness (QED) is 0.889. The zero-order chi connectivity index (χ0) is 13.7. The maximum atomic E-state index is 11.2. The van der Waals surface area contributed by atoms with E-state index in [1.54, 1.807) is 24.5 Å². The summed E-state index contributed by atoms with van der Waals surface area (Å²) in [5, 5.41) is 9.18. The summed E-state index contributed by atoms with van der Waals surface area (Å²) >= 11 is 0. The molecule has 0 aliphatic carbocycles. The number of carboxylic acid groups (broad SMARTS) is 1. The van der Waals surface area contributed by atoms with Gasteiger partial charge in [-0.3, -0.25) is 4.98 Å². The van der Waals surface area contributed by atoms with Gasteiger partial charge in [0.15, 0.2) is 5.69 Å². The van der Waals surface area contributed by atoms with Crippen molar-refractivity contribution in [2.45, 2.75) is 13.5 Å². The lowest BCUT2D eigenvalue weighted by Gasteiger charge is -2.24. The average molecular weight is 257 g/mol. The molecule has 0 aromatic carbocycles. The van der Waals surface area contributed by atoms with Gasteiger partial charge < -0.3 is 10.0 Å². The van der Waals surface area contributed by atoms with Gasteiger partial charge in [0.05, 0.1) is 5.69 Å². The van der Waals surface area contributed by atoms with E-state index in [9.17, 15) is 9.90 Å². The Bertz CT molecular complexity index is 558. The first-order valence-corrected chi connectivity index (χ1v) is 6.04. The van der Waals surface area contributed by atoms with E-state index in [-0.39, 0.29) is 5.69 Å². The topological polar surface area (TPSA) is 66.3 Å². The number of hydrogen-bond donors (Lipinski definition) is 1. The van der Waals surface area contributed by atoms with E-state index in [1.807, 2.05) is 24.0 Å². The Morgan fingerprint density at radius 2 is 2.00 bits per heavy atom. The van der Waals surface area contributed by atoms with E-state index in [1.165, 1.54) is 6.20 Å². The fourth-order valence-corrected chi connectivity index (χ4v) is 1.89. The number of pyridine rings is 2. The van der Waals surface area contributed by atoms with E-state index in [2.05, 4.69) is 9.97 Å². The van der Waals surface area contributed by atoms with E-state index in [4.69, 9.17) is 0 Å². The van der Waals surface area contributed by atoms with Crippen molar-refractivity contribution in [3.05, 3.63) is 54.1 Å². The van der Waals surface area contributed by atoms with Crippen molar-refractivity contribution in [3.8, 4) is 0 Å². The van der Waals surface area contributed by atoms with Gasteiger partial charge in [-0.25, -0.2) is 9.78 Å². The van der Waals surface area contributed by atoms with E-state index >= 15 is 0 Å². The third-order valence-corrected chi connectivity index (χ3v) is 2.83. The first kappa shape index (κ1) is 13.0. The molecule has 0 saturated carbocycles. The van der Waals surface area contributed by atoms with Crippen LogP contribution in [0.1, 0.15) is 23.0 Å². The van der Waals surface area contributed by atoms with Crippen LogP contribution in [-0.2, 0) is 6.54 Å². The standard InChI is InChI=1S/C14H15N3O2/c1-2-17(10-11-5-8-15-9-6-11)12-4-3-7-16-13(12)14(18)19/h3-9H,2,10H2,1H3,(H,18,19). The van der Waals surface area contributed by atoms with Crippen LogP contribution < -0.4 is 4.90 Å². The molecule has 0 aliphatic rings.